The molecule has 1 aromatic rings. The van der Waals surface area contributed by atoms with Gasteiger partial charge in [0.1, 0.15) is 5.75 Å². The van der Waals surface area contributed by atoms with Crippen molar-refractivity contribution in [2.75, 3.05) is 18.6 Å². The first-order valence-corrected chi connectivity index (χ1v) is 8.01. The Morgan fingerprint density at radius 1 is 1.28 bits per heavy atom. The fourth-order valence-electron chi connectivity index (χ4n) is 1.78. The van der Waals surface area contributed by atoms with E-state index in [1.165, 1.54) is 17.7 Å². The second-order valence-corrected chi connectivity index (χ2v) is 5.75. The second-order valence-electron chi connectivity index (χ2n) is 4.76. The molecule has 0 fully saturated rings. The Hall–Kier alpha value is -0.670. The van der Waals surface area contributed by atoms with Crippen LogP contribution >= 0.6 is 11.8 Å². The van der Waals surface area contributed by atoms with Gasteiger partial charge in [-0.1, -0.05) is 12.1 Å². The largest absolute Gasteiger partial charge is 0.491 e. The highest BCUT2D eigenvalue weighted by atomic mass is 32.2. The maximum Gasteiger partial charge on any atom is 0.120 e. The lowest BCUT2D eigenvalue weighted by Crippen LogP contribution is -2.20. The Morgan fingerprint density at radius 3 is 2.72 bits per heavy atom. The summed E-state index contributed by atoms with van der Waals surface area (Å²) in [5, 5.41) is 3.55. The second kappa shape index (κ2) is 8.44. The smallest absolute Gasteiger partial charge is 0.120 e. The Balaban J connectivity index is 2.48. The van der Waals surface area contributed by atoms with E-state index in [0.29, 0.717) is 6.04 Å². The fourth-order valence-corrected chi connectivity index (χ4v) is 2.22. The van der Waals surface area contributed by atoms with E-state index in [9.17, 15) is 0 Å². The first-order valence-electron chi connectivity index (χ1n) is 6.62. The predicted molar refractivity (Wildman–Crippen MR) is 81.6 cm³/mol. The summed E-state index contributed by atoms with van der Waals surface area (Å²) in [4.78, 5) is 0. The summed E-state index contributed by atoms with van der Waals surface area (Å²) in [6.07, 6.45) is 3.59. The molecule has 0 aliphatic carbocycles. The zero-order chi connectivity index (χ0) is 13.4. The molecule has 18 heavy (non-hydrogen) atoms. The van der Waals surface area contributed by atoms with Gasteiger partial charge < -0.3 is 10.1 Å². The minimum absolute atomic E-state index is 0.227. The summed E-state index contributed by atoms with van der Waals surface area (Å²) >= 11 is 1.90. The van der Waals surface area contributed by atoms with Crippen molar-refractivity contribution in [1.29, 1.82) is 0 Å². The summed E-state index contributed by atoms with van der Waals surface area (Å²) in [6, 6.07) is 8.74. The van der Waals surface area contributed by atoms with Crippen molar-refractivity contribution in [1.82, 2.24) is 5.32 Å². The van der Waals surface area contributed by atoms with E-state index in [0.717, 1.165) is 12.3 Å². The van der Waals surface area contributed by atoms with Gasteiger partial charge in [-0.05, 0) is 63.4 Å². The van der Waals surface area contributed by atoms with Crippen LogP contribution in [-0.2, 0) is 0 Å². The minimum Gasteiger partial charge on any atom is -0.491 e. The molecule has 2 nitrogen and oxygen atoms in total. The van der Waals surface area contributed by atoms with Gasteiger partial charge in [0.2, 0.25) is 0 Å². The minimum atomic E-state index is 0.227. The van der Waals surface area contributed by atoms with Crippen LogP contribution in [0.1, 0.15) is 38.8 Å². The van der Waals surface area contributed by atoms with Crippen molar-refractivity contribution in [3.05, 3.63) is 29.8 Å². The van der Waals surface area contributed by atoms with Crippen LogP contribution in [0.15, 0.2) is 24.3 Å². The number of rotatable bonds is 8. The Labute approximate surface area is 116 Å². The van der Waals surface area contributed by atoms with Gasteiger partial charge in [0, 0.05) is 6.04 Å². The molecule has 1 rings (SSSR count). The third-order valence-corrected chi connectivity index (χ3v) is 3.40. The molecule has 0 radical (unpaired) electrons. The molecule has 0 aromatic heterocycles. The third kappa shape index (κ3) is 5.78. The van der Waals surface area contributed by atoms with Gasteiger partial charge in [0.15, 0.2) is 0 Å². The van der Waals surface area contributed by atoms with Crippen LogP contribution in [0.3, 0.4) is 0 Å². The Kier molecular flexibility index (Phi) is 7.21. The lowest BCUT2D eigenvalue weighted by atomic mass is 10.1. The summed E-state index contributed by atoms with van der Waals surface area (Å²) in [6.45, 7) is 7.37. The molecule has 0 aliphatic rings. The SMILES string of the molecule is CSCCCNC(C)c1cccc(OC(C)C)c1. The average molecular weight is 267 g/mol. The number of thioether (sulfide) groups is 1. The highest BCUT2D eigenvalue weighted by molar-refractivity contribution is 7.98. The predicted octanol–water partition coefficient (Wildman–Crippen LogP) is 3.88. The topological polar surface area (TPSA) is 21.3 Å². The Bertz CT molecular complexity index is 341. The lowest BCUT2D eigenvalue weighted by Gasteiger charge is -2.16. The van der Waals surface area contributed by atoms with Crippen molar-refractivity contribution in [3.63, 3.8) is 0 Å². The van der Waals surface area contributed by atoms with E-state index in [2.05, 4.69) is 50.5 Å². The van der Waals surface area contributed by atoms with E-state index in [-0.39, 0.29) is 6.10 Å². The van der Waals surface area contributed by atoms with Crippen molar-refractivity contribution in [2.45, 2.75) is 39.3 Å². The molecule has 0 saturated heterocycles. The first kappa shape index (κ1) is 15.4. The highest BCUT2D eigenvalue weighted by Gasteiger charge is 2.06. The van der Waals surface area contributed by atoms with Gasteiger partial charge in [0.25, 0.3) is 0 Å². The highest BCUT2D eigenvalue weighted by Crippen LogP contribution is 2.20. The van der Waals surface area contributed by atoms with Crippen LogP contribution in [0.25, 0.3) is 0 Å². The normalized spacial score (nSPS) is 12.7. The molecular formula is C15H25NOS. The van der Waals surface area contributed by atoms with Crippen LogP contribution in [-0.4, -0.2) is 24.7 Å². The van der Waals surface area contributed by atoms with E-state index >= 15 is 0 Å². The van der Waals surface area contributed by atoms with E-state index in [1.807, 2.05) is 17.8 Å². The molecule has 0 spiro atoms. The third-order valence-electron chi connectivity index (χ3n) is 2.71. The number of nitrogens with one attached hydrogen (secondary N) is 1. The maximum absolute atomic E-state index is 5.72. The number of hydrogen-bond donors (Lipinski definition) is 1. The van der Waals surface area contributed by atoms with E-state index < -0.39 is 0 Å². The van der Waals surface area contributed by atoms with Gasteiger partial charge in [-0.2, -0.15) is 11.8 Å². The maximum atomic E-state index is 5.72. The standard InChI is InChI=1S/C15H25NOS/c1-12(2)17-15-8-5-7-14(11-15)13(3)16-9-6-10-18-4/h5,7-8,11-13,16H,6,9-10H2,1-4H3. The van der Waals surface area contributed by atoms with Gasteiger partial charge in [0.05, 0.1) is 6.10 Å². The average Bonchev–Trinajstić information content (AvgIpc) is 2.34. The van der Waals surface area contributed by atoms with Gasteiger partial charge in [-0.3, -0.25) is 0 Å². The van der Waals surface area contributed by atoms with Crippen molar-refractivity contribution >= 4 is 11.8 Å². The van der Waals surface area contributed by atoms with Crippen molar-refractivity contribution in [3.8, 4) is 5.75 Å². The molecule has 1 N–H and O–H groups in total. The summed E-state index contributed by atoms with van der Waals surface area (Å²) in [7, 11) is 0. The van der Waals surface area contributed by atoms with Crippen LogP contribution in [0.4, 0.5) is 0 Å². The van der Waals surface area contributed by atoms with Crippen LogP contribution in [0, 0.1) is 0 Å². The van der Waals surface area contributed by atoms with Gasteiger partial charge in [-0.25, -0.2) is 0 Å². The number of hydrogen-bond acceptors (Lipinski definition) is 3. The molecule has 0 aliphatic heterocycles. The van der Waals surface area contributed by atoms with E-state index in [4.69, 9.17) is 4.74 Å². The number of ether oxygens (including phenoxy) is 1. The number of benzene rings is 1. The quantitative estimate of drug-likeness (QED) is 0.722. The fraction of sp³-hybridized carbons (Fsp3) is 0.600. The van der Waals surface area contributed by atoms with Gasteiger partial charge in [-0.15, -0.1) is 0 Å². The molecular weight excluding hydrogens is 242 g/mol. The van der Waals surface area contributed by atoms with Gasteiger partial charge >= 0.3 is 0 Å². The molecule has 0 amide bonds. The zero-order valence-corrected chi connectivity index (χ0v) is 12.7. The molecule has 1 unspecified atom stereocenters. The molecule has 3 heteroatoms. The molecule has 1 atom stereocenters. The molecule has 1 aromatic carbocycles. The first-order chi connectivity index (χ1) is 8.63. The van der Waals surface area contributed by atoms with Crippen molar-refractivity contribution < 1.29 is 4.74 Å². The van der Waals surface area contributed by atoms with Crippen LogP contribution in [0.2, 0.25) is 0 Å². The summed E-state index contributed by atoms with van der Waals surface area (Å²) < 4.78 is 5.72. The van der Waals surface area contributed by atoms with Crippen LogP contribution in [0.5, 0.6) is 5.75 Å². The monoisotopic (exact) mass is 267 g/mol. The molecule has 102 valence electrons. The molecule has 0 heterocycles. The summed E-state index contributed by atoms with van der Waals surface area (Å²) in [5.41, 5.74) is 1.29. The molecule has 0 bridgehead atoms. The van der Waals surface area contributed by atoms with E-state index in [1.54, 1.807) is 0 Å². The van der Waals surface area contributed by atoms with Crippen molar-refractivity contribution in [2.24, 2.45) is 0 Å². The summed E-state index contributed by atoms with van der Waals surface area (Å²) in [5.74, 6) is 2.18. The lowest BCUT2D eigenvalue weighted by molar-refractivity contribution is 0.242. The Morgan fingerprint density at radius 2 is 2.06 bits per heavy atom. The zero-order valence-electron chi connectivity index (χ0n) is 11.9. The molecule has 0 saturated carbocycles. The van der Waals surface area contributed by atoms with Crippen LogP contribution < -0.4 is 10.1 Å².